The highest BCUT2D eigenvalue weighted by Crippen LogP contribution is 2.24. The highest BCUT2D eigenvalue weighted by atomic mass is 16.1. The number of pyridine rings is 1. The van der Waals surface area contributed by atoms with Crippen LogP contribution in [0.2, 0.25) is 0 Å². The minimum absolute atomic E-state index is 0.0377. The summed E-state index contributed by atoms with van der Waals surface area (Å²) in [7, 11) is 0. The molecular weight excluding hydrogens is 324 g/mol. The number of likely N-dealkylation sites (tertiary alicyclic amines) is 1. The van der Waals surface area contributed by atoms with Gasteiger partial charge >= 0.3 is 0 Å². The fraction of sp³-hybridized carbons (Fsp3) is 0.333. The Kier molecular flexibility index (Phi) is 4.71. The Morgan fingerprint density at radius 1 is 1.15 bits per heavy atom. The Balaban J connectivity index is 1.34. The van der Waals surface area contributed by atoms with Crippen LogP contribution in [0.25, 0.3) is 5.65 Å². The summed E-state index contributed by atoms with van der Waals surface area (Å²) in [5.41, 5.74) is 3.09. The number of carbonyl (C=O) groups is 1. The van der Waals surface area contributed by atoms with Crippen LogP contribution in [0.1, 0.15) is 18.2 Å². The van der Waals surface area contributed by atoms with Gasteiger partial charge in [-0.2, -0.15) is 0 Å². The van der Waals surface area contributed by atoms with E-state index in [1.165, 1.54) is 5.56 Å². The molecule has 3 aromatic rings. The predicted octanol–water partition coefficient (Wildman–Crippen LogP) is 2.72. The summed E-state index contributed by atoms with van der Waals surface area (Å²) < 4.78 is 1.97. The van der Waals surface area contributed by atoms with Gasteiger partial charge in [-0.3, -0.25) is 9.69 Å². The molecule has 1 aromatic carbocycles. The van der Waals surface area contributed by atoms with Gasteiger partial charge in [0.1, 0.15) is 5.65 Å². The van der Waals surface area contributed by atoms with Gasteiger partial charge in [0.05, 0.1) is 18.2 Å². The second kappa shape index (κ2) is 7.30. The first-order chi connectivity index (χ1) is 12.7. The summed E-state index contributed by atoms with van der Waals surface area (Å²) in [6.07, 6.45) is 3.93. The van der Waals surface area contributed by atoms with Crippen LogP contribution >= 0.6 is 0 Å². The van der Waals surface area contributed by atoms with E-state index in [9.17, 15) is 4.79 Å². The number of carbonyl (C=O) groups excluding carboxylic acids is 1. The van der Waals surface area contributed by atoms with Crippen LogP contribution in [0, 0.1) is 11.8 Å². The fourth-order valence-electron chi connectivity index (χ4n) is 3.76. The van der Waals surface area contributed by atoms with Crippen molar-refractivity contribution in [3.63, 3.8) is 0 Å². The first-order valence-electron chi connectivity index (χ1n) is 9.15. The zero-order valence-electron chi connectivity index (χ0n) is 15.0. The Labute approximate surface area is 153 Å². The molecule has 0 bridgehead atoms. The fourth-order valence-corrected chi connectivity index (χ4v) is 3.76. The Bertz CT molecular complexity index is 856. The molecule has 1 aliphatic rings. The van der Waals surface area contributed by atoms with Gasteiger partial charge in [-0.1, -0.05) is 43.3 Å². The molecule has 134 valence electrons. The predicted molar refractivity (Wildman–Crippen MR) is 101 cm³/mol. The third-order valence-electron chi connectivity index (χ3n) is 5.13. The maximum absolute atomic E-state index is 12.7. The number of amides is 1. The standard InChI is InChI=1S/C21H24N4O/c1-16-12-24(13-17-7-3-2-4-8-17)15-19(16)21(26)22-11-18-14-25-10-6-5-9-20(25)23-18/h2-10,14,16,19H,11-13,15H2,1H3,(H,22,26). The lowest BCUT2D eigenvalue weighted by Gasteiger charge is -2.16. The van der Waals surface area contributed by atoms with Gasteiger partial charge in [-0.25, -0.2) is 4.98 Å². The topological polar surface area (TPSA) is 49.6 Å². The molecule has 3 heterocycles. The molecule has 1 saturated heterocycles. The van der Waals surface area contributed by atoms with Crippen molar-refractivity contribution in [3.8, 4) is 0 Å². The molecule has 2 unspecified atom stereocenters. The molecule has 1 amide bonds. The van der Waals surface area contributed by atoms with Gasteiger partial charge < -0.3 is 9.72 Å². The van der Waals surface area contributed by atoms with Crippen molar-refractivity contribution in [2.24, 2.45) is 11.8 Å². The average Bonchev–Trinajstić information content (AvgIpc) is 3.23. The molecule has 5 nitrogen and oxygen atoms in total. The first-order valence-corrected chi connectivity index (χ1v) is 9.15. The molecule has 1 fully saturated rings. The van der Waals surface area contributed by atoms with Gasteiger partial charge in [0.2, 0.25) is 5.91 Å². The molecule has 5 heteroatoms. The maximum Gasteiger partial charge on any atom is 0.225 e. The van der Waals surface area contributed by atoms with E-state index in [0.717, 1.165) is 31.0 Å². The molecule has 2 atom stereocenters. The van der Waals surface area contributed by atoms with Crippen molar-refractivity contribution in [3.05, 3.63) is 72.2 Å². The second-order valence-corrected chi connectivity index (χ2v) is 7.18. The normalized spacial score (nSPS) is 20.5. The number of imidazole rings is 1. The van der Waals surface area contributed by atoms with Crippen molar-refractivity contribution in [1.82, 2.24) is 19.6 Å². The molecule has 0 saturated carbocycles. The van der Waals surface area contributed by atoms with Gasteiger partial charge in [-0.15, -0.1) is 0 Å². The van der Waals surface area contributed by atoms with Crippen molar-refractivity contribution < 1.29 is 4.79 Å². The van der Waals surface area contributed by atoms with Gasteiger partial charge in [0.15, 0.2) is 0 Å². The molecule has 0 aliphatic carbocycles. The summed E-state index contributed by atoms with van der Waals surface area (Å²) in [5.74, 6) is 0.528. The summed E-state index contributed by atoms with van der Waals surface area (Å²) >= 11 is 0. The molecule has 2 aromatic heterocycles. The largest absolute Gasteiger partial charge is 0.350 e. The van der Waals surface area contributed by atoms with Gasteiger partial charge in [0.25, 0.3) is 0 Å². The van der Waals surface area contributed by atoms with E-state index in [1.807, 2.05) is 41.1 Å². The molecule has 26 heavy (non-hydrogen) atoms. The summed E-state index contributed by atoms with van der Waals surface area (Å²) in [6, 6.07) is 16.3. The van der Waals surface area contributed by atoms with E-state index in [4.69, 9.17) is 0 Å². The SMILES string of the molecule is CC1CN(Cc2ccccc2)CC1C(=O)NCc1cn2ccccc2n1. The molecule has 4 rings (SSSR count). The minimum atomic E-state index is 0.0377. The van der Waals surface area contributed by atoms with E-state index in [0.29, 0.717) is 12.5 Å². The lowest BCUT2D eigenvalue weighted by molar-refractivity contribution is -0.125. The molecule has 0 radical (unpaired) electrons. The number of hydrogen-bond acceptors (Lipinski definition) is 3. The summed E-state index contributed by atoms with van der Waals surface area (Å²) in [6.45, 7) is 5.32. The van der Waals surface area contributed by atoms with E-state index in [2.05, 4.69) is 46.4 Å². The van der Waals surface area contributed by atoms with E-state index < -0.39 is 0 Å². The second-order valence-electron chi connectivity index (χ2n) is 7.18. The number of fused-ring (bicyclic) bond motifs is 1. The minimum Gasteiger partial charge on any atom is -0.350 e. The molecule has 1 N–H and O–H groups in total. The van der Waals surface area contributed by atoms with Crippen LogP contribution in [-0.4, -0.2) is 33.3 Å². The van der Waals surface area contributed by atoms with Crippen molar-refractivity contribution in [1.29, 1.82) is 0 Å². The monoisotopic (exact) mass is 348 g/mol. The maximum atomic E-state index is 12.7. The van der Waals surface area contributed by atoms with E-state index in [-0.39, 0.29) is 11.8 Å². The average molecular weight is 348 g/mol. The third kappa shape index (κ3) is 3.63. The number of benzene rings is 1. The molecule has 1 aliphatic heterocycles. The van der Waals surface area contributed by atoms with Crippen LogP contribution in [0.15, 0.2) is 60.9 Å². The van der Waals surface area contributed by atoms with E-state index in [1.54, 1.807) is 0 Å². The molecule has 0 spiro atoms. The number of hydrogen-bond donors (Lipinski definition) is 1. The zero-order chi connectivity index (χ0) is 17.9. The van der Waals surface area contributed by atoms with Crippen LogP contribution in [0.5, 0.6) is 0 Å². The van der Waals surface area contributed by atoms with E-state index >= 15 is 0 Å². The third-order valence-corrected chi connectivity index (χ3v) is 5.13. The Hall–Kier alpha value is -2.66. The number of rotatable bonds is 5. The lowest BCUT2D eigenvalue weighted by Crippen LogP contribution is -2.34. The first kappa shape index (κ1) is 16.8. The van der Waals surface area contributed by atoms with Crippen LogP contribution in [0.3, 0.4) is 0 Å². The van der Waals surface area contributed by atoms with Crippen molar-refractivity contribution in [2.45, 2.75) is 20.0 Å². The van der Waals surface area contributed by atoms with Gasteiger partial charge in [-0.05, 0) is 23.6 Å². The van der Waals surface area contributed by atoms with Crippen molar-refractivity contribution in [2.75, 3.05) is 13.1 Å². The Morgan fingerprint density at radius 3 is 2.77 bits per heavy atom. The highest BCUT2D eigenvalue weighted by molar-refractivity contribution is 5.79. The zero-order valence-corrected chi connectivity index (χ0v) is 15.0. The highest BCUT2D eigenvalue weighted by Gasteiger charge is 2.34. The Morgan fingerprint density at radius 2 is 1.96 bits per heavy atom. The number of nitrogens with one attached hydrogen (secondary N) is 1. The smallest absolute Gasteiger partial charge is 0.225 e. The number of nitrogens with zero attached hydrogens (tertiary/aromatic N) is 3. The van der Waals surface area contributed by atoms with Crippen LogP contribution in [-0.2, 0) is 17.9 Å². The van der Waals surface area contributed by atoms with Crippen LogP contribution < -0.4 is 5.32 Å². The van der Waals surface area contributed by atoms with Crippen LogP contribution in [0.4, 0.5) is 0 Å². The quantitative estimate of drug-likeness (QED) is 0.771. The summed E-state index contributed by atoms with van der Waals surface area (Å²) in [4.78, 5) is 19.6. The summed E-state index contributed by atoms with van der Waals surface area (Å²) in [5, 5.41) is 3.08. The lowest BCUT2D eigenvalue weighted by atomic mass is 9.97. The van der Waals surface area contributed by atoms with Gasteiger partial charge in [0, 0.05) is 32.0 Å². The van der Waals surface area contributed by atoms with Crippen molar-refractivity contribution >= 4 is 11.6 Å². The number of aromatic nitrogens is 2. The molecular formula is C21H24N4O.